The molecule has 0 fully saturated rings. The Labute approximate surface area is 180 Å². The first-order valence-electron chi connectivity index (χ1n) is 10.5. The monoisotopic (exact) mass is 413 g/mol. The summed E-state index contributed by atoms with van der Waals surface area (Å²) in [5.74, 6) is 1.48. The predicted octanol–water partition coefficient (Wildman–Crippen LogP) is 3.76. The Balaban J connectivity index is 1.94. The number of nitrogens with one attached hydrogen (secondary N) is 2. The molecule has 0 heterocycles. The standard InChI is InChI=1S/C24H35N3O3/c1-6-25-24(27-18(3)22-14-17(2)12-13-23(22)29-5)26-15-21(28)16-30-19(4)20-10-8-7-9-11-20/h7-14,18-19,21,28H,6,15-16H2,1-5H3,(H2,25,26,27). The topological polar surface area (TPSA) is 75.1 Å². The average molecular weight is 414 g/mol. The molecule has 0 saturated carbocycles. The van der Waals surface area contributed by atoms with Gasteiger partial charge in [-0.05, 0) is 39.3 Å². The molecule has 30 heavy (non-hydrogen) atoms. The van der Waals surface area contributed by atoms with E-state index in [-0.39, 0.29) is 25.3 Å². The number of aliphatic hydroxyl groups excluding tert-OH is 1. The van der Waals surface area contributed by atoms with Crippen LogP contribution < -0.4 is 15.4 Å². The molecule has 0 bridgehead atoms. The second kappa shape index (κ2) is 12.2. The number of hydrogen-bond acceptors (Lipinski definition) is 4. The summed E-state index contributed by atoms with van der Waals surface area (Å²) in [6.45, 7) is 9.30. The van der Waals surface area contributed by atoms with Crippen LogP contribution in [0.1, 0.15) is 49.6 Å². The molecule has 2 rings (SSSR count). The normalized spacial score (nSPS) is 14.7. The number of ether oxygens (including phenoxy) is 2. The largest absolute Gasteiger partial charge is 0.496 e. The molecule has 6 heteroatoms. The van der Waals surface area contributed by atoms with E-state index in [0.29, 0.717) is 5.96 Å². The van der Waals surface area contributed by atoms with Gasteiger partial charge in [-0.2, -0.15) is 0 Å². The van der Waals surface area contributed by atoms with E-state index in [1.807, 2.05) is 56.3 Å². The Morgan fingerprint density at radius 3 is 2.53 bits per heavy atom. The first-order valence-corrected chi connectivity index (χ1v) is 10.5. The van der Waals surface area contributed by atoms with Crippen molar-refractivity contribution in [3.05, 3.63) is 65.2 Å². The lowest BCUT2D eigenvalue weighted by Crippen LogP contribution is -2.39. The molecule has 0 amide bonds. The molecular formula is C24H35N3O3. The smallest absolute Gasteiger partial charge is 0.191 e. The van der Waals surface area contributed by atoms with Gasteiger partial charge in [-0.25, -0.2) is 0 Å². The van der Waals surface area contributed by atoms with Gasteiger partial charge in [0.1, 0.15) is 5.75 Å². The van der Waals surface area contributed by atoms with E-state index in [1.54, 1.807) is 7.11 Å². The van der Waals surface area contributed by atoms with Crippen molar-refractivity contribution in [2.75, 3.05) is 26.8 Å². The molecule has 3 atom stereocenters. The van der Waals surface area contributed by atoms with E-state index >= 15 is 0 Å². The SMILES string of the molecule is CCNC(=NCC(O)COC(C)c1ccccc1)NC(C)c1cc(C)ccc1OC. The van der Waals surface area contributed by atoms with Crippen molar-refractivity contribution in [3.63, 3.8) is 0 Å². The lowest BCUT2D eigenvalue weighted by molar-refractivity contribution is 0.00111. The van der Waals surface area contributed by atoms with Gasteiger partial charge in [-0.15, -0.1) is 0 Å². The second-order valence-electron chi connectivity index (χ2n) is 7.37. The maximum atomic E-state index is 10.3. The van der Waals surface area contributed by atoms with Gasteiger partial charge < -0.3 is 25.2 Å². The van der Waals surface area contributed by atoms with Crippen LogP contribution in [0, 0.1) is 6.92 Å². The number of rotatable bonds is 10. The Kier molecular flexibility index (Phi) is 9.64. The second-order valence-corrected chi connectivity index (χ2v) is 7.37. The van der Waals surface area contributed by atoms with Crippen molar-refractivity contribution < 1.29 is 14.6 Å². The summed E-state index contributed by atoms with van der Waals surface area (Å²) in [6.07, 6.45) is -0.763. The van der Waals surface area contributed by atoms with Crippen molar-refractivity contribution in [1.29, 1.82) is 0 Å². The summed E-state index contributed by atoms with van der Waals surface area (Å²) < 4.78 is 11.3. The van der Waals surface area contributed by atoms with Crippen molar-refractivity contribution >= 4 is 5.96 Å². The Hall–Kier alpha value is -2.57. The fraction of sp³-hybridized carbons (Fsp3) is 0.458. The molecule has 0 aliphatic carbocycles. The number of nitrogens with zero attached hydrogens (tertiary/aromatic N) is 1. The molecule has 0 radical (unpaired) electrons. The number of benzene rings is 2. The van der Waals surface area contributed by atoms with Gasteiger partial charge >= 0.3 is 0 Å². The highest BCUT2D eigenvalue weighted by molar-refractivity contribution is 5.80. The fourth-order valence-corrected chi connectivity index (χ4v) is 3.12. The molecule has 164 valence electrons. The highest BCUT2D eigenvalue weighted by atomic mass is 16.5. The molecular weight excluding hydrogens is 378 g/mol. The van der Waals surface area contributed by atoms with Gasteiger partial charge in [0.2, 0.25) is 0 Å². The number of hydrogen-bond donors (Lipinski definition) is 3. The molecule has 6 nitrogen and oxygen atoms in total. The molecule has 2 aromatic carbocycles. The predicted molar refractivity (Wildman–Crippen MR) is 122 cm³/mol. The quantitative estimate of drug-likeness (QED) is 0.408. The van der Waals surface area contributed by atoms with Crippen molar-refractivity contribution in [2.45, 2.75) is 45.9 Å². The van der Waals surface area contributed by atoms with Crippen LogP contribution >= 0.6 is 0 Å². The first kappa shape index (κ1) is 23.7. The zero-order valence-corrected chi connectivity index (χ0v) is 18.7. The first-order chi connectivity index (χ1) is 14.4. The van der Waals surface area contributed by atoms with Crippen molar-refractivity contribution in [1.82, 2.24) is 10.6 Å². The van der Waals surface area contributed by atoms with Crippen LogP contribution in [-0.4, -0.2) is 44.0 Å². The minimum absolute atomic E-state index is 0.0101. The average Bonchev–Trinajstić information content (AvgIpc) is 2.76. The molecule has 2 aromatic rings. The van der Waals surface area contributed by atoms with Gasteiger partial charge in [0, 0.05) is 12.1 Å². The third-order valence-electron chi connectivity index (χ3n) is 4.82. The summed E-state index contributed by atoms with van der Waals surface area (Å²) >= 11 is 0. The molecule has 0 saturated heterocycles. The minimum Gasteiger partial charge on any atom is -0.496 e. The lowest BCUT2D eigenvalue weighted by Gasteiger charge is -2.21. The summed E-state index contributed by atoms with van der Waals surface area (Å²) in [6, 6.07) is 16.1. The van der Waals surface area contributed by atoms with Crippen molar-refractivity contribution in [2.24, 2.45) is 4.99 Å². The zero-order valence-electron chi connectivity index (χ0n) is 18.7. The lowest BCUT2D eigenvalue weighted by atomic mass is 10.0. The Morgan fingerprint density at radius 2 is 1.87 bits per heavy atom. The highest BCUT2D eigenvalue weighted by Gasteiger charge is 2.14. The van der Waals surface area contributed by atoms with Crippen LogP contribution in [0.3, 0.4) is 0 Å². The maximum Gasteiger partial charge on any atom is 0.191 e. The van der Waals surface area contributed by atoms with Gasteiger partial charge in [0.15, 0.2) is 5.96 Å². The summed E-state index contributed by atoms with van der Waals surface area (Å²) in [7, 11) is 1.67. The van der Waals surface area contributed by atoms with E-state index in [4.69, 9.17) is 9.47 Å². The third kappa shape index (κ3) is 7.35. The van der Waals surface area contributed by atoms with Crippen LogP contribution in [0.2, 0.25) is 0 Å². The van der Waals surface area contributed by atoms with E-state index < -0.39 is 6.10 Å². The van der Waals surface area contributed by atoms with E-state index in [1.165, 1.54) is 5.56 Å². The van der Waals surface area contributed by atoms with Crippen LogP contribution in [0.4, 0.5) is 0 Å². The fourth-order valence-electron chi connectivity index (χ4n) is 3.12. The van der Waals surface area contributed by atoms with Gasteiger partial charge in [-0.1, -0.05) is 48.0 Å². The van der Waals surface area contributed by atoms with E-state index in [2.05, 4.69) is 35.5 Å². The third-order valence-corrected chi connectivity index (χ3v) is 4.82. The van der Waals surface area contributed by atoms with Crippen LogP contribution in [0.15, 0.2) is 53.5 Å². The maximum absolute atomic E-state index is 10.3. The number of aliphatic hydroxyl groups is 1. The Bertz CT molecular complexity index is 796. The number of methoxy groups -OCH3 is 1. The highest BCUT2D eigenvalue weighted by Crippen LogP contribution is 2.26. The van der Waals surface area contributed by atoms with Gasteiger partial charge in [0.05, 0.1) is 38.5 Å². The molecule has 0 aliphatic heterocycles. The molecule has 0 aromatic heterocycles. The summed E-state index contributed by atoms with van der Waals surface area (Å²) in [4.78, 5) is 4.53. The molecule has 0 spiro atoms. The van der Waals surface area contributed by atoms with Crippen molar-refractivity contribution in [3.8, 4) is 5.75 Å². The number of aryl methyl sites for hydroxylation is 1. The van der Waals surface area contributed by atoms with Gasteiger partial charge in [-0.3, -0.25) is 4.99 Å². The van der Waals surface area contributed by atoms with Crippen LogP contribution in [-0.2, 0) is 4.74 Å². The zero-order chi connectivity index (χ0) is 21.9. The molecule has 3 N–H and O–H groups in total. The number of aliphatic imine (C=N–C) groups is 1. The minimum atomic E-state index is -0.685. The Morgan fingerprint density at radius 1 is 1.13 bits per heavy atom. The molecule has 0 aliphatic rings. The van der Waals surface area contributed by atoms with E-state index in [0.717, 1.165) is 23.4 Å². The van der Waals surface area contributed by atoms with Crippen LogP contribution in [0.5, 0.6) is 5.75 Å². The summed E-state index contributed by atoms with van der Waals surface area (Å²) in [5, 5.41) is 16.9. The van der Waals surface area contributed by atoms with Crippen LogP contribution in [0.25, 0.3) is 0 Å². The molecule has 3 unspecified atom stereocenters. The summed E-state index contributed by atoms with van der Waals surface area (Å²) in [5.41, 5.74) is 3.31. The number of guanidine groups is 1. The van der Waals surface area contributed by atoms with E-state index in [9.17, 15) is 5.11 Å². The van der Waals surface area contributed by atoms with Gasteiger partial charge in [0.25, 0.3) is 0 Å².